The largest absolute Gasteiger partial charge is 0.497 e. The van der Waals surface area contributed by atoms with Crippen molar-refractivity contribution < 1.29 is 14.2 Å². The third kappa shape index (κ3) is 7.18. The molecule has 0 radical (unpaired) electrons. The van der Waals surface area contributed by atoms with Gasteiger partial charge in [0.1, 0.15) is 12.4 Å². The number of hydrogen-bond acceptors (Lipinski definition) is 4. The second kappa shape index (κ2) is 13.0. The van der Waals surface area contributed by atoms with Crippen LogP contribution >= 0.6 is 0 Å². The molecule has 176 valence electrons. The fraction of sp³-hybridized carbons (Fsp3) is 0.519. The van der Waals surface area contributed by atoms with Gasteiger partial charge in [0.15, 0.2) is 5.75 Å². The van der Waals surface area contributed by atoms with Crippen LogP contribution in [0.5, 0.6) is 17.2 Å². The van der Waals surface area contributed by atoms with Crippen LogP contribution in [0.4, 0.5) is 0 Å². The van der Waals surface area contributed by atoms with Gasteiger partial charge in [-0.3, -0.25) is 4.79 Å². The molecule has 0 saturated heterocycles. The second-order valence-electron chi connectivity index (χ2n) is 8.50. The van der Waals surface area contributed by atoms with E-state index in [0.717, 1.165) is 43.0 Å². The predicted octanol–water partition coefficient (Wildman–Crippen LogP) is 6.58. The Labute approximate surface area is 192 Å². The highest BCUT2D eigenvalue weighted by Gasteiger charge is 2.18. The summed E-state index contributed by atoms with van der Waals surface area (Å²) in [6.07, 6.45) is 10.7. The number of rotatable bonds is 13. The lowest BCUT2D eigenvalue weighted by Gasteiger charge is -2.17. The molecule has 0 aliphatic carbocycles. The molecule has 2 rings (SSSR count). The van der Waals surface area contributed by atoms with Gasteiger partial charge in [0.2, 0.25) is 5.75 Å². The topological polar surface area (TPSA) is 49.7 Å². The molecule has 1 aromatic heterocycles. The van der Waals surface area contributed by atoms with Gasteiger partial charge in [-0.25, -0.2) is 0 Å². The van der Waals surface area contributed by atoms with Gasteiger partial charge in [-0.1, -0.05) is 43.4 Å². The van der Waals surface area contributed by atoms with E-state index in [1.165, 1.54) is 17.6 Å². The average Bonchev–Trinajstić information content (AvgIpc) is 2.77. The minimum Gasteiger partial charge on any atom is -0.497 e. The number of unbranched alkanes of at least 4 members (excludes halogenated alkanes) is 3. The van der Waals surface area contributed by atoms with E-state index in [9.17, 15) is 4.79 Å². The molecule has 0 bridgehead atoms. The molecule has 0 saturated carbocycles. The molecule has 0 amide bonds. The van der Waals surface area contributed by atoms with Crippen molar-refractivity contribution >= 4 is 10.9 Å². The Morgan fingerprint density at radius 3 is 2.50 bits per heavy atom. The summed E-state index contributed by atoms with van der Waals surface area (Å²) in [5.41, 5.74) is 3.16. The van der Waals surface area contributed by atoms with Crippen molar-refractivity contribution in [2.45, 2.75) is 66.2 Å². The highest BCUT2D eigenvalue weighted by Crippen LogP contribution is 2.34. The zero-order valence-electron chi connectivity index (χ0n) is 20.6. The summed E-state index contributed by atoms with van der Waals surface area (Å²) in [4.78, 5) is 13.1. The van der Waals surface area contributed by atoms with Crippen molar-refractivity contribution in [2.75, 3.05) is 20.3 Å². The Bertz CT molecular complexity index is 997. The summed E-state index contributed by atoms with van der Waals surface area (Å²) in [7, 11) is 3.37. The molecule has 0 N–H and O–H groups in total. The van der Waals surface area contributed by atoms with Crippen LogP contribution in [-0.2, 0) is 7.05 Å². The number of pyridine rings is 1. The predicted molar refractivity (Wildman–Crippen MR) is 133 cm³/mol. The maximum absolute atomic E-state index is 13.1. The minimum absolute atomic E-state index is 0.194. The quantitative estimate of drug-likeness (QED) is 0.260. The van der Waals surface area contributed by atoms with Crippen LogP contribution in [0.25, 0.3) is 10.9 Å². The summed E-state index contributed by atoms with van der Waals surface area (Å²) >= 11 is 0. The number of benzene rings is 1. The highest BCUT2D eigenvalue weighted by atomic mass is 16.5. The molecule has 0 unspecified atom stereocenters. The van der Waals surface area contributed by atoms with Crippen molar-refractivity contribution in [1.82, 2.24) is 4.57 Å². The maximum atomic E-state index is 13.1. The van der Waals surface area contributed by atoms with E-state index in [0.29, 0.717) is 24.7 Å². The molecule has 0 aliphatic rings. The number of nitrogens with zero attached hydrogens (tertiary/aromatic N) is 1. The van der Waals surface area contributed by atoms with Gasteiger partial charge >= 0.3 is 0 Å². The van der Waals surface area contributed by atoms with Crippen LogP contribution in [0.1, 0.15) is 66.2 Å². The molecular weight excluding hydrogens is 402 g/mol. The van der Waals surface area contributed by atoms with E-state index in [-0.39, 0.29) is 11.3 Å². The molecule has 0 spiro atoms. The first-order chi connectivity index (χ1) is 15.4. The molecule has 0 fully saturated rings. The van der Waals surface area contributed by atoms with Crippen molar-refractivity contribution in [3.8, 4) is 17.2 Å². The van der Waals surface area contributed by atoms with Crippen molar-refractivity contribution in [1.29, 1.82) is 0 Å². The number of allylic oxidation sites excluding steroid dienone is 3. The van der Waals surface area contributed by atoms with Gasteiger partial charge < -0.3 is 18.8 Å². The van der Waals surface area contributed by atoms with E-state index in [1.54, 1.807) is 18.7 Å². The normalized spacial score (nSPS) is 11.5. The molecular formula is C27H39NO4. The smallest absolute Gasteiger partial charge is 0.297 e. The first kappa shape index (κ1) is 25.6. The van der Waals surface area contributed by atoms with Gasteiger partial charge in [0, 0.05) is 18.5 Å². The summed E-state index contributed by atoms with van der Waals surface area (Å²) in [5.74, 6) is 1.49. The fourth-order valence-electron chi connectivity index (χ4n) is 3.52. The monoisotopic (exact) mass is 441 g/mol. The third-order valence-corrected chi connectivity index (χ3v) is 5.51. The number of methoxy groups -OCH3 is 1. The van der Waals surface area contributed by atoms with Crippen LogP contribution in [0.2, 0.25) is 0 Å². The molecule has 0 atom stereocenters. The van der Waals surface area contributed by atoms with Crippen LogP contribution in [0, 0.1) is 0 Å². The van der Waals surface area contributed by atoms with Crippen LogP contribution in [0.3, 0.4) is 0 Å². The first-order valence-electron chi connectivity index (χ1n) is 11.6. The average molecular weight is 442 g/mol. The number of aryl methyl sites for hydroxylation is 1. The molecule has 32 heavy (non-hydrogen) atoms. The van der Waals surface area contributed by atoms with Gasteiger partial charge in [-0.05, 0) is 58.2 Å². The van der Waals surface area contributed by atoms with Gasteiger partial charge in [0.05, 0.1) is 19.2 Å². The molecule has 5 heteroatoms. The number of hydrogen-bond donors (Lipinski definition) is 0. The zero-order valence-corrected chi connectivity index (χ0v) is 20.6. The zero-order chi connectivity index (χ0) is 23.5. The Balaban J connectivity index is 2.31. The molecule has 2 aromatic rings. The lowest BCUT2D eigenvalue weighted by atomic mass is 10.1. The van der Waals surface area contributed by atoms with Gasteiger partial charge in [0.25, 0.3) is 5.56 Å². The maximum Gasteiger partial charge on any atom is 0.297 e. The molecule has 1 aromatic carbocycles. The Morgan fingerprint density at radius 2 is 1.81 bits per heavy atom. The number of ether oxygens (including phenoxy) is 3. The Kier molecular flexibility index (Phi) is 10.4. The van der Waals surface area contributed by atoms with Crippen molar-refractivity contribution in [3.05, 3.63) is 51.9 Å². The van der Waals surface area contributed by atoms with E-state index in [2.05, 4.69) is 39.8 Å². The van der Waals surface area contributed by atoms with Crippen LogP contribution in [0.15, 0.2) is 46.3 Å². The lowest BCUT2D eigenvalue weighted by Crippen LogP contribution is -2.21. The first-order valence-corrected chi connectivity index (χ1v) is 11.6. The van der Waals surface area contributed by atoms with Crippen LogP contribution < -0.4 is 19.8 Å². The Morgan fingerprint density at radius 1 is 1.03 bits per heavy atom. The molecule has 1 heterocycles. The highest BCUT2D eigenvalue weighted by molar-refractivity contribution is 5.89. The van der Waals surface area contributed by atoms with Gasteiger partial charge in [-0.15, -0.1) is 0 Å². The fourth-order valence-corrected chi connectivity index (χ4v) is 3.52. The van der Waals surface area contributed by atoms with E-state index >= 15 is 0 Å². The summed E-state index contributed by atoms with van der Waals surface area (Å²) in [6, 6.07) is 5.67. The summed E-state index contributed by atoms with van der Waals surface area (Å²) in [6.45, 7) is 9.41. The van der Waals surface area contributed by atoms with E-state index < -0.39 is 0 Å². The lowest BCUT2D eigenvalue weighted by molar-refractivity contribution is 0.273. The molecule has 0 aliphatic heterocycles. The standard InChI is InChI=1S/C27H39NO4/c1-7-8-9-10-17-31-26-25(32-18-16-21(4)13-11-12-20(2)3)23-15-14-22(30-6)19-24(23)28(5)27(26)29/h12,14-16,19H,7-11,13,17-18H2,1-6H3/b21-16+. The van der Waals surface area contributed by atoms with Gasteiger partial charge in [-0.2, -0.15) is 0 Å². The van der Waals surface area contributed by atoms with Crippen molar-refractivity contribution in [3.63, 3.8) is 0 Å². The van der Waals surface area contributed by atoms with Crippen LogP contribution in [-0.4, -0.2) is 24.9 Å². The van der Waals surface area contributed by atoms with E-state index in [1.807, 2.05) is 18.2 Å². The summed E-state index contributed by atoms with van der Waals surface area (Å²) in [5, 5.41) is 0.840. The van der Waals surface area contributed by atoms with Crippen molar-refractivity contribution in [2.24, 2.45) is 7.05 Å². The van der Waals surface area contributed by atoms with E-state index in [4.69, 9.17) is 14.2 Å². The Hall–Kier alpha value is -2.69. The minimum atomic E-state index is -0.194. The third-order valence-electron chi connectivity index (χ3n) is 5.51. The SMILES string of the molecule is CCCCCCOc1c(OC/C=C(\C)CCC=C(C)C)c2ccc(OC)cc2n(C)c1=O. The molecule has 5 nitrogen and oxygen atoms in total. The summed E-state index contributed by atoms with van der Waals surface area (Å²) < 4.78 is 19.1. The number of fused-ring (bicyclic) bond motifs is 1. The number of aromatic nitrogens is 1. The second-order valence-corrected chi connectivity index (χ2v) is 8.50.